The Labute approximate surface area is 206 Å². The van der Waals surface area contributed by atoms with Crippen LogP contribution in [0.25, 0.3) is 11.3 Å². The highest BCUT2D eigenvalue weighted by molar-refractivity contribution is 7.07. The monoisotopic (exact) mass is 492 g/mol. The molecule has 0 amide bonds. The predicted octanol–water partition coefficient (Wildman–Crippen LogP) is 4.47. The Morgan fingerprint density at radius 2 is 1.69 bits per heavy atom. The van der Waals surface area contributed by atoms with Gasteiger partial charge in [-0.2, -0.15) is 5.10 Å². The van der Waals surface area contributed by atoms with Crippen LogP contribution in [-0.4, -0.2) is 49.4 Å². The number of benzene rings is 2. The molecule has 0 aliphatic heterocycles. The number of hydrogen-bond acceptors (Lipinski definition) is 9. The van der Waals surface area contributed by atoms with Gasteiger partial charge in [0.25, 0.3) is 0 Å². The number of nitrogens with zero attached hydrogens (tertiary/aromatic N) is 4. The highest BCUT2D eigenvalue weighted by Gasteiger charge is 2.15. The lowest BCUT2D eigenvalue weighted by molar-refractivity contribution is 0.340. The van der Waals surface area contributed by atoms with Crippen molar-refractivity contribution in [1.82, 2.24) is 9.66 Å². The lowest BCUT2D eigenvalue weighted by Gasteiger charge is -2.11. The number of rotatable bonds is 8. The summed E-state index contributed by atoms with van der Waals surface area (Å²) in [4.78, 5) is 9.48. The van der Waals surface area contributed by atoms with Crippen LogP contribution in [0.4, 0.5) is 5.69 Å². The van der Waals surface area contributed by atoms with Gasteiger partial charge in [0, 0.05) is 22.7 Å². The number of aromatic hydroxyl groups is 1. The summed E-state index contributed by atoms with van der Waals surface area (Å²) in [5, 5.41) is 16.9. The molecule has 0 fully saturated rings. The first-order valence-corrected chi connectivity index (χ1v) is 11.3. The summed E-state index contributed by atoms with van der Waals surface area (Å²) in [6.07, 6.45) is 5.00. The summed E-state index contributed by atoms with van der Waals surface area (Å²) in [6.45, 7) is 0. The lowest BCUT2D eigenvalue weighted by atomic mass is 10.1. The number of hydrogen-bond donors (Lipinski definition) is 1. The van der Waals surface area contributed by atoms with Gasteiger partial charge < -0.3 is 24.1 Å². The number of thiazole rings is 1. The first-order chi connectivity index (χ1) is 17.1. The predicted molar refractivity (Wildman–Crippen MR) is 135 cm³/mol. The Hall–Kier alpha value is -4.31. The maximum absolute atomic E-state index is 10.2. The number of aromatic nitrogens is 2. The van der Waals surface area contributed by atoms with Gasteiger partial charge in [0.2, 0.25) is 10.6 Å². The van der Waals surface area contributed by atoms with E-state index in [1.54, 1.807) is 49.6 Å². The standard InChI is InChI=1S/C25H24N4O5S/c1-31-18-7-8-21(32-2)19(12-18)20-15-35-25(28-17-6-5-9-26-14-17)29(20)27-13-16-10-22(33-3)24(30)23(11-16)34-4/h5-15,30H,1-4H3. The van der Waals surface area contributed by atoms with Crippen molar-refractivity contribution in [1.29, 1.82) is 0 Å². The van der Waals surface area contributed by atoms with Crippen LogP contribution >= 0.6 is 11.3 Å². The Bertz CT molecular complexity index is 1390. The molecule has 180 valence electrons. The third-order valence-corrected chi connectivity index (χ3v) is 5.88. The fourth-order valence-electron chi connectivity index (χ4n) is 3.33. The Morgan fingerprint density at radius 1 is 0.943 bits per heavy atom. The van der Waals surface area contributed by atoms with Crippen LogP contribution in [0.2, 0.25) is 0 Å². The molecule has 2 aromatic heterocycles. The smallest absolute Gasteiger partial charge is 0.211 e. The van der Waals surface area contributed by atoms with Gasteiger partial charge in [-0.1, -0.05) is 0 Å². The van der Waals surface area contributed by atoms with Crippen LogP contribution in [0.1, 0.15) is 5.56 Å². The third kappa shape index (κ3) is 5.12. The van der Waals surface area contributed by atoms with Crippen molar-refractivity contribution in [2.45, 2.75) is 0 Å². The largest absolute Gasteiger partial charge is 0.502 e. The summed E-state index contributed by atoms with van der Waals surface area (Å²) in [6, 6.07) is 12.6. The SMILES string of the molecule is COc1ccc(OC)c(-c2csc(=Nc3cccnc3)n2N=Cc2cc(OC)c(O)c(OC)c2)c1. The molecule has 4 aromatic rings. The van der Waals surface area contributed by atoms with E-state index >= 15 is 0 Å². The van der Waals surface area contributed by atoms with Gasteiger partial charge in [-0.25, -0.2) is 9.67 Å². The van der Waals surface area contributed by atoms with Crippen LogP contribution < -0.4 is 23.7 Å². The lowest BCUT2D eigenvalue weighted by Crippen LogP contribution is -2.12. The molecule has 9 nitrogen and oxygen atoms in total. The van der Waals surface area contributed by atoms with E-state index in [-0.39, 0.29) is 17.2 Å². The topological polar surface area (TPSA) is 99.7 Å². The molecule has 2 aromatic carbocycles. The average molecular weight is 493 g/mol. The zero-order valence-electron chi connectivity index (χ0n) is 19.6. The zero-order chi connectivity index (χ0) is 24.8. The van der Waals surface area contributed by atoms with E-state index in [9.17, 15) is 5.11 Å². The quantitative estimate of drug-likeness (QED) is 0.365. The Morgan fingerprint density at radius 3 is 2.31 bits per heavy atom. The minimum atomic E-state index is -0.0793. The van der Waals surface area contributed by atoms with Gasteiger partial charge in [-0.15, -0.1) is 11.3 Å². The van der Waals surface area contributed by atoms with Crippen LogP contribution in [0, 0.1) is 0 Å². The second kappa shape index (κ2) is 10.7. The van der Waals surface area contributed by atoms with E-state index in [2.05, 4.69) is 4.98 Å². The van der Waals surface area contributed by atoms with Crippen LogP contribution in [0.15, 0.2) is 70.3 Å². The second-order valence-corrected chi connectivity index (χ2v) is 7.96. The molecule has 0 saturated carbocycles. The highest BCUT2D eigenvalue weighted by atomic mass is 32.1. The molecule has 0 aliphatic carbocycles. The summed E-state index contributed by atoms with van der Waals surface area (Å²) in [7, 11) is 6.17. The van der Waals surface area contributed by atoms with Crippen molar-refractivity contribution >= 4 is 23.2 Å². The molecule has 10 heteroatoms. The van der Waals surface area contributed by atoms with Crippen molar-refractivity contribution in [3.05, 3.63) is 70.6 Å². The maximum atomic E-state index is 10.2. The van der Waals surface area contributed by atoms with E-state index in [4.69, 9.17) is 29.0 Å². The second-order valence-electron chi connectivity index (χ2n) is 7.12. The van der Waals surface area contributed by atoms with Crippen molar-refractivity contribution in [2.75, 3.05) is 28.4 Å². The van der Waals surface area contributed by atoms with Crippen LogP contribution in [0.5, 0.6) is 28.7 Å². The van der Waals surface area contributed by atoms with E-state index in [0.29, 0.717) is 27.6 Å². The molecule has 0 atom stereocenters. The van der Waals surface area contributed by atoms with Crippen molar-refractivity contribution in [2.24, 2.45) is 10.1 Å². The van der Waals surface area contributed by atoms with Gasteiger partial charge in [0.05, 0.1) is 52.2 Å². The van der Waals surface area contributed by atoms with Gasteiger partial charge >= 0.3 is 0 Å². The highest BCUT2D eigenvalue weighted by Crippen LogP contribution is 2.37. The van der Waals surface area contributed by atoms with Gasteiger partial charge in [0.1, 0.15) is 11.5 Å². The normalized spacial score (nSPS) is 11.6. The summed E-state index contributed by atoms with van der Waals surface area (Å²) in [5.74, 6) is 1.81. The molecular weight excluding hydrogens is 468 g/mol. The minimum Gasteiger partial charge on any atom is -0.502 e. The average Bonchev–Trinajstić information content (AvgIpc) is 3.30. The fourth-order valence-corrected chi connectivity index (χ4v) is 4.18. The van der Waals surface area contributed by atoms with E-state index in [1.807, 2.05) is 35.7 Å². The number of pyridine rings is 1. The maximum Gasteiger partial charge on any atom is 0.211 e. The summed E-state index contributed by atoms with van der Waals surface area (Å²) < 4.78 is 23.3. The van der Waals surface area contributed by atoms with E-state index < -0.39 is 0 Å². The third-order valence-electron chi connectivity index (χ3n) is 5.06. The first-order valence-electron chi connectivity index (χ1n) is 10.4. The van der Waals surface area contributed by atoms with Crippen LogP contribution in [0.3, 0.4) is 0 Å². The molecule has 0 bridgehead atoms. The number of methoxy groups -OCH3 is 4. The molecular formula is C25H24N4O5S. The van der Waals surface area contributed by atoms with E-state index in [1.165, 1.54) is 25.6 Å². The molecule has 0 saturated heterocycles. The molecule has 35 heavy (non-hydrogen) atoms. The summed E-state index contributed by atoms with van der Waals surface area (Å²) >= 11 is 1.42. The number of ether oxygens (including phenoxy) is 4. The number of phenols is 1. The minimum absolute atomic E-state index is 0.0793. The van der Waals surface area contributed by atoms with Gasteiger partial charge in [-0.05, 0) is 42.5 Å². The molecule has 1 N–H and O–H groups in total. The van der Waals surface area contributed by atoms with Crippen molar-refractivity contribution in [3.63, 3.8) is 0 Å². The summed E-state index contributed by atoms with van der Waals surface area (Å²) in [5.41, 5.74) is 2.89. The van der Waals surface area contributed by atoms with Crippen LogP contribution in [-0.2, 0) is 0 Å². The van der Waals surface area contributed by atoms with Crippen molar-refractivity contribution in [3.8, 4) is 40.0 Å². The zero-order valence-corrected chi connectivity index (χ0v) is 20.4. The van der Waals surface area contributed by atoms with Gasteiger partial charge in [-0.3, -0.25) is 4.98 Å². The van der Waals surface area contributed by atoms with E-state index in [0.717, 1.165) is 11.3 Å². The van der Waals surface area contributed by atoms with Crippen molar-refractivity contribution < 1.29 is 24.1 Å². The Balaban J connectivity index is 1.90. The molecule has 0 radical (unpaired) electrons. The van der Waals surface area contributed by atoms with Gasteiger partial charge in [0.15, 0.2) is 11.5 Å². The fraction of sp³-hybridized carbons (Fsp3) is 0.160. The Kier molecular flexibility index (Phi) is 7.32. The molecule has 0 unspecified atom stereocenters. The molecule has 4 rings (SSSR count). The number of phenolic OH excluding ortho intramolecular Hbond substituents is 1. The molecule has 0 aliphatic rings. The molecule has 2 heterocycles. The molecule has 0 spiro atoms. The first kappa shape index (κ1) is 23.8.